The number of hydrogen-bond donors (Lipinski definition) is 1. The number of fused-ring (bicyclic) bond motifs is 2. The molecule has 6 aliphatic rings. The largest absolute Gasteiger partial charge is 0.506 e. The minimum absolute atomic E-state index is 0.0339. The van der Waals surface area contributed by atoms with Crippen LogP contribution in [-0.2, 0) is 27.3 Å². The van der Waals surface area contributed by atoms with Gasteiger partial charge >= 0.3 is 0 Å². The zero-order chi connectivity index (χ0) is 43.9. The Kier molecular flexibility index (Phi) is 11.9. The lowest BCUT2D eigenvalue weighted by molar-refractivity contribution is -0.171. The van der Waals surface area contributed by atoms with Crippen LogP contribution in [0, 0.1) is 11.8 Å². The number of phenolic OH excluding ortho intramolecular Hbond substituents is 1. The highest BCUT2D eigenvalue weighted by atomic mass is 16.6. The number of pyridine rings is 2. The number of ketones is 2. The first-order valence-corrected chi connectivity index (χ1v) is 21.5. The lowest BCUT2D eigenvalue weighted by Gasteiger charge is -2.56. The van der Waals surface area contributed by atoms with Gasteiger partial charge in [0.1, 0.15) is 28.4 Å². The third-order valence-electron chi connectivity index (χ3n) is 12.8. The van der Waals surface area contributed by atoms with Crippen LogP contribution in [0.15, 0.2) is 108 Å². The molecule has 10 nitrogen and oxygen atoms in total. The lowest BCUT2D eigenvalue weighted by Crippen LogP contribution is -2.72. The van der Waals surface area contributed by atoms with Gasteiger partial charge in [-0.2, -0.15) is 0 Å². The van der Waals surface area contributed by atoms with Crippen LogP contribution in [0.3, 0.4) is 0 Å². The molecule has 10 heteroatoms. The number of benzene rings is 1. The van der Waals surface area contributed by atoms with Crippen molar-refractivity contribution >= 4 is 23.5 Å². The summed E-state index contributed by atoms with van der Waals surface area (Å²) < 4.78 is 21.1. The summed E-state index contributed by atoms with van der Waals surface area (Å²) in [6.07, 6.45) is 20.9. The van der Waals surface area contributed by atoms with E-state index in [2.05, 4.69) is 36.0 Å². The zero-order valence-electron chi connectivity index (χ0n) is 37.0. The van der Waals surface area contributed by atoms with E-state index in [-0.39, 0.29) is 46.9 Å². The molecule has 5 atom stereocenters. The number of nitrogens with zero attached hydrogens (tertiary/aromatic N) is 3. The molecule has 1 N–H and O–H groups in total. The van der Waals surface area contributed by atoms with Gasteiger partial charge in [0.15, 0.2) is 22.8 Å². The van der Waals surface area contributed by atoms with Gasteiger partial charge in [-0.25, -0.2) is 0 Å². The molecule has 1 spiro atoms. The molecule has 3 aromatic rings. The van der Waals surface area contributed by atoms with Gasteiger partial charge in [0.05, 0.1) is 11.2 Å². The number of Topliss-reactive ketones (excluding diaryl/α,β-unsaturated/α-hetero) is 2. The van der Waals surface area contributed by atoms with Gasteiger partial charge in [-0.05, 0) is 124 Å². The summed E-state index contributed by atoms with van der Waals surface area (Å²) in [7, 11) is 0. The molecule has 2 aromatic heterocycles. The summed E-state index contributed by atoms with van der Waals surface area (Å²) in [6.45, 7) is 18.7. The van der Waals surface area contributed by atoms with Crippen LogP contribution in [0.25, 0.3) is 6.08 Å². The molecule has 3 aliphatic carbocycles. The van der Waals surface area contributed by atoms with Gasteiger partial charge in [-0.15, -0.1) is 0 Å². The van der Waals surface area contributed by atoms with E-state index in [1.807, 2.05) is 84.0 Å². The van der Waals surface area contributed by atoms with Crippen LogP contribution in [0.5, 0.6) is 17.2 Å². The van der Waals surface area contributed by atoms with E-state index in [1.165, 1.54) is 5.57 Å². The van der Waals surface area contributed by atoms with Crippen LogP contribution < -0.4 is 9.47 Å². The SMILES string of the molecule is CCN(Cc1cccnc1)C(=O)/C(C)=C\CC12OC(C)(C)C3CC(C=C4C(=O)c5c(O)c6c(c(CC=C(C)C)c5OC431)OC(C)(CCC=C(C)C)C=C6)C2=O.c1ccncc1. The monoisotopic (exact) mass is 825 g/mol. The van der Waals surface area contributed by atoms with Gasteiger partial charge in [0.2, 0.25) is 5.91 Å². The number of phenols is 1. The van der Waals surface area contributed by atoms with E-state index in [4.69, 9.17) is 14.2 Å². The fraction of sp³-hybridized carbons (Fsp3) is 0.431. The molecule has 320 valence electrons. The Morgan fingerprint density at radius 1 is 0.934 bits per heavy atom. The number of carbonyl (C=O) groups excluding carboxylic acids is 3. The van der Waals surface area contributed by atoms with Crippen molar-refractivity contribution in [1.82, 2.24) is 14.9 Å². The molecule has 0 radical (unpaired) electrons. The minimum Gasteiger partial charge on any atom is -0.506 e. The van der Waals surface area contributed by atoms with Crippen molar-refractivity contribution < 1.29 is 33.7 Å². The molecule has 5 heterocycles. The predicted molar refractivity (Wildman–Crippen MR) is 236 cm³/mol. The first-order chi connectivity index (χ1) is 29.0. The summed E-state index contributed by atoms with van der Waals surface area (Å²) in [5, 5.41) is 12.0. The third kappa shape index (κ3) is 7.68. The number of amides is 1. The van der Waals surface area contributed by atoms with E-state index in [9.17, 15) is 14.7 Å². The average molecular weight is 826 g/mol. The maximum Gasteiger partial charge on any atom is 0.249 e. The van der Waals surface area contributed by atoms with Crippen LogP contribution in [-0.4, -0.2) is 66.4 Å². The maximum atomic E-state index is 15.0. The van der Waals surface area contributed by atoms with Gasteiger partial charge in [-0.1, -0.05) is 47.6 Å². The Morgan fingerprint density at radius 2 is 1.66 bits per heavy atom. The molecule has 9 rings (SSSR count). The van der Waals surface area contributed by atoms with Gasteiger partial charge in [-0.3, -0.25) is 24.4 Å². The molecule has 1 saturated carbocycles. The summed E-state index contributed by atoms with van der Waals surface area (Å²) in [5.74, 6) is -1.13. The molecular weight excluding hydrogens is 767 g/mol. The van der Waals surface area contributed by atoms with E-state index < -0.39 is 28.3 Å². The van der Waals surface area contributed by atoms with Gasteiger partial charge in [0.25, 0.3) is 0 Å². The Bertz CT molecular complexity index is 2340. The van der Waals surface area contributed by atoms with Crippen molar-refractivity contribution in [2.24, 2.45) is 11.8 Å². The number of ether oxygens (including phenoxy) is 3. The van der Waals surface area contributed by atoms with Crippen molar-refractivity contribution in [2.45, 2.75) is 123 Å². The summed E-state index contributed by atoms with van der Waals surface area (Å²) in [4.78, 5) is 53.4. The Balaban J connectivity index is 0.000000861. The van der Waals surface area contributed by atoms with E-state index in [0.717, 1.165) is 17.6 Å². The number of allylic oxidation sites excluding steroid dienone is 5. The van der Waals surface area contributed by atoms with Crippen molar-refractivity contribution in [1.29, 1.82) is 0 Å². The first-order valence-electron chi connectivity index (χ1n) is 21.5. The minimum atomic E-state index is -1.59. The van der Waals surface area contributed by atoms with E-state index in [1.54, 1.807) is 48.8 Å². The summed E-state index contributed by atoms with van der Waals surface area (Å²) in [6, 6.07) is 9.49. The molecule has 1 saturated heterocycles. The third-order valence-corrected chi connectivity index (χ3v) is 12.8. The van der Waals surface area contributed by atoms with E-state index in [0.29, 0.717) is 60.4 Å². The van der Waals surface area contributed by atoms with Crippen LogP contribution in [0.4, 0.5) is 0 Å². The van der Waals surface area contributed by atoms with Gasteiger partial charge < -0.3 is 24.2 Å². The summed E-state index contributed by atoms with van der Waals surface area (Å²) in [5.41, 5.74) is 0.553. The second-order valence-electron chi connectivity index (χ2n) is 18.2. The molecule has 3 aliphatic heterocycles. The standard InChI is InChI=1S/C46H54N2O7.C5H5N/c1-10-48(26-30-14-12-22-47-25-30)42(52)29(6)17-21-45-41(51)31-23-34-38(50)36-37(49)32-18-20-44(9,19-11-13-27(2)3)53-39(32)33(16-15-28(4)5)40(36)54-46(34,45)35(24-31)43(7,8)55-45;1-2-4-6-5-3-1/h12-15,17-18,20,22-23,25,31,35,49H,10-11,16,19,21,24,26H2,1-9H3;1-5H/b29-17-;. The van der Waals surface area contributed by atoms with Crippen molar-refractivity contribution in [3.05, 3.63) is 130 Å². The second-order valence-corrected chi connectivity index (χ2v) is 18.2. The van der Waals surface area contributed by atoms with Crippen molar-refractivity contribution in [3.8, 4) is 17.2 Å². The molecule has 2 fully saturated rings. The van der Waals surface area contributed by atoms with Crippen LogP contribution in [0.2, 0.25) is 0 Å². The lowest BCUT2D eigenvalue weighted by atomic mass is 9.51. The number of aromatic nitrogens is 2. The number of rotatable bonds is 11. The normalized spacial score (nSPS) is 26.0. The highest BCUT2D eigenvalue weighted by Gasteiger charge is 2.81. The smallest absolute Gasteiger partial charge is 0.249 e. The van der Waals surface area contributed by atoms with E-state index >= 15 is 4.79 Å². The molecule has 61 heavy (non-hydrogen) atoms. The van der Waals surface area contributed by atoms with Crippen molar-refractivity contribution in [3.63, 3.8) is 0 Å². The molecule has 4 bridgehead atoms. The zero-order valence-corrected chi connectivity index (χ0v) is 37.0. The molecular formula is C51H59N3O7. The van der Waals surface area contributed by atoms with Crippen molar-refractivity contribution in [2.75, 3.05) is 6.54 Å². The van der Waals surface area contributed by atoms with Gasteiger partial charge in [0, 0.05) is 72.8 Å². The topological polar surface area (TPSA) is 128 Å². The average Bonchev–Trinajstić information content (AvgIpc) is 3.39. The second kappa shape index (κ2) is 16.7. The number of aromatic hydroxyl groups is 1. The number of likely N-dealkylation sites (N-methyl/N-ethyl adjacent to an activating group) is 1. The quantitative estimate of drug-likeness (QED) is 0.149. The number of carbonyl (C=O) groups is 3. The number of hydrogen-bond acceptors (Lipinski definition) is 9. The highest BCUT2D eigenvalue weighted by Crippen LogP contribution is 2.68. The molecule has 1 amide bonds. The van der Waals surface area contributed by atoms with Crippen LogP contribution >= 0.6 is 0 Å². The fourth-order valence-corrected chi connectivity index (χ4v) is 9.77. The maximum absolute atomic E-state index is 15.0. The fourth-order valence-electron chi connectivity index (χ4n) is 9.77. The Hall–Kier alpha value is -5.61. The molecule has 1 aromatic carbocycles. The summed E-state index contributed by atoms with van der Waals surface area (Å²) >= 11 is 0. The molecule has 5 unspecified atom stereocenters. The highest BCUT2D eigenvalue weighted by molar-refractivity contribution is 6.19. The first kappa shape index (κ1) is 43.5. The predicted octanol–water partition coefficient (Wildman–Crippen LogP) is 9.68. The Labute approximate surface area is 360 Å². The Morgan fingerprint density at radius 3 is 2.28 bits per heavy atom. The van der Waals surface area contributed by atoms with Crippen LogP contribution in [0.1, 0.15) is 115 Å².